The maximum absolute atomic E-state index is 12.3. The first-order valence-corrected chi connectivity index (χ1v) is 6.62. The summed E-state index contributed by atoms with van der Waals surface area (Å²) in [4.78, 5) is 22.7. The van der Waals surface area contributed by atoms with E-state index in [9.17, 15) is 22.8 Å². The quantitative estimate of drug-likeness (QED) is 0.874. The smallest absolute Gasteiger partial charge is 0.481 e. The van der Waals surface area contributed by atoms with Crippen LogP contribution in [0.4, 0.5) is 13.2 Å². The third-order valence-electron chi connectivity index (χ3n) is 3.58. The molecule has 1 amide bonds. The summed E-state index contributed by atoms with van der Waals surface area (Å²) >= 11 is 0. The lowest BCUT2D eigenvalue weighted by Crippen LogP contribution is -2.43. The Bertz CT molecular complexity index is 573. The summed E-state index contributed by atoms with van der Waals surface area (Å²) in [5.74, 6) is -3.25. The van der Waals surface area contributed by atoms with Crippen LogP contribution in [0, 0.1) is 11.8 Å². The van der Waals surface area contributed by atoms with Gasteiger partial charge >= 0.3 is 12.3 Å². The van der Waals surface area contributed by atoms with E-state index >= 15 is 0 Å². The second kappa shape index (κ2) is 6.25. The Morgan fingerprint density at radius 2 is 1.86 bits per heavy atom. The molecule has 1 saturated carbocycles. The van der Waals surface area contributed by atoms with Crippen LogP contribution in [0.1, 0.15) is 18.4 Å². The lowest BCUT2D eigenvalue weighted by Gasteiger charge is -2.32. The first-order chi connectivity index (χ1) is 10.3. The Morgan fingerprint density at radius 3 is 2.41 bits per heavy atom. The number of carboxylic acid groups (broad SMARTS) is 1. The van der Waals surface area contributed by atoms with Gasteiger partial charge in [-0.05, 0) is 18.9 Å². The van der Waals surface area contributed by atoms with Crippen LogP contribution in [0.25, 0.3) is 0 Å². The second-order valence-corrected chi connectivity index (χ2v) is 5.00. The number of halogens is 3. The number of amides is 1. The van der Waals surface area contributed by atoms with E-state index in [1.54, 1.807) is 0 Å². The van der Waals surface area contributed by atoms with Gasteiger partial charge in [-0.1, -0.05) is 18.2 Å². The molecule has 1 aromatic rings. The molecule has 0 aromatic heterocycles. The zero-order chi connectivity index (χ0) is 16.3. The predicted molar refractivity (Wildman–Crippen MR) is 68.8 cm³/mol. The molecule has 8 heteroatoms. The zero-order valence-electron chi connectivity index (χ0n) is 11.4. The number of carbonyl (C=O) groups is 2. The maximum atomic E-state index is 12.3. The molecule has 2 unspecified atom stereocenters. The van der Waals surface area contributed by atoms with E-state index in [1.807, 2.05) is 0 Å². The van der Waals surface area contributed by atoms with E-state index in [4.69, 9.17) is 5.11 Å². The molecule has 5 nitrogen and oxygen atoms in total. The van der Waals surface area contributed by atoms with Crippen molar-refractivity contribution in [3.05, 3.63) is 29.8 Å². The fourth-order valence-corrected chi connectivity index (χ4v) is 2.30. The molecule has 1 aromatic carbocycles. The Kier molecular flexibility index (Phi) is 4.58. The number of carbonyl (C=O) groups excluding carboxylic acids is 1. The molecule has 1 aliphatic rings. The topological polar surface area (TPSA) is 75.6 Å². The first kappa shape index (κ1) is 16.1. The highest BCUT2D eigenvalue weighted by Gasteiger charge is 2.41. The molecule has 0 aliphatic heterocycles. The van der Waals surface area contributed by atoms with Gasteiger partial charge in [-0.2, -0.15) is 0 Å². The van der Waals surface area contributed by atoms with Gasteiger partial charge in [0, 0.05) is 12.1 Å². The molecular formula is C14H14F3NO4. The summed E-state index contributed by atoms with van der Waals surface area (Å²) in [6.07, 6.45) is -3.92. The van der Waals surface area contributed by atoms with Crippen LogP contribution >= 0.6 is 0 Å². The second-order valence-electron chi connectivity index (χ2n) is 5.00. The van der Waals surface area contributed by atoms with Gasteiger partial charge in [0.2, 0.25) is 5.91 Å². The highest BCUT2D eigenvalue weighted by molar-refractivity contribution is 5.86. The van der Waals surface area contributed by atoms with E-state index in [0.29, 0.717) is 12.8 Å². The highest BCUT2D eigenvalue weighted by atomic mass is 19.4. The number of aliphatic carboxylic acids is 1. The summed E-state index contributed by atoms with van der Waals surface area (Å²) in [5.41, 5.74) is 0.166. The maximum Gasteiger partial charge on any atom is 0.573 e. The molecule has 120 valence electrons. The number of rotatable bonds is 5. The molecule has 2 N–H and O–H groups in total. The largest absolute Gasteiger partial charge is 0.573 e. The number of nitrogens with one attached hydrogen (secondary N) is 1. The molecule has 22 heavy (non-hydrogen) atoms. The predicted octanol–water partition coefficient (Wildman–Crippen LogP) is 2.31. The van der Waals surface area contributed by atoms with E-state index in [1.165, 1.54) is 18.2 Å². The van der Waals surface area contributed by atoms with Gasteiger partial charge in [0.1, 0.15) is 5.75 Å². The minimum atomic E-state index is -4.82. The van der Waals surface area contributed by atoms with Crippen LogP contribution < -0.4 is 10.1 Å². The zero-order valence-corrected chi connectivity index (χ0v) is 11.4. The number of carboxylic acids is 1. The monoisotopic (exact) mass is 317 g/mol. The molecule has 0 radical (unpaired) electrons. The third-order valence-corrected chi connectivity index (χ3v) is 3.58. The van der Waals surface area contributed by atoms with Gasteiger partial charge in [-0.25, -0.2) is 0 Å². The Hall–Kier alpha value is -2.25. The van der Waals surface area contributed by atoms with Gasteiger partial charge < -0.3 is 15.2 Å². The summed E-state index contributed by atoms with van der Waals surface area (Å²) in [7, 11) is 0. The van der Waals surface area contributed by atoms with Crippen LogP contribution in [-0.2, 0) is 16.1 Å². The number of ether oxygens (including phenoxy) is 1. The van der Waals surface area contributed by atoms with Crippen molar-refractivity contribution in [2.45, 2.75) is 25.7 Å². The average molecular weight is 317 g/mol. The normalized spacial score (nSPS) is 20.9. The number of hydrogen-bond acceptors (Lipinski definition) is 3. The SMILES string of the molecule is O=C(O)C1CCC1C(=O)NCc1ccccc1OC(F)(F)F. The van der Waals surface area contributed by atoms with Gasteiger partial charge in [-0.3, -0.25) is 9.59 Å². The van der Waals surface area contributed by atoms with Gasteiger partial charge in [-0.15, -0.1) is 13.2 Å². The van der Waals surface area contributed by atoms with Crippen LogP contribution in [0.5, 0.6) is 5.75 Å². The minimum absolute atomic E-state index is 0.159. The van der Waals surface area contributed by atoms with E-state index in [0.717, 1.165) is 6.07 Å². The van der Waals surface area contributed by atoms with Crippen molar-refractivity contribution >= 4 is 11.9 Å². The molecule has 0 spiro atoms. The van der Waals surface area contributed by atoms with Crippen molar-refractivity contribution in [2.75, 3.05) is 0 Å². The molecular weight excluding hydrogens is 303 g/mol. The highest BCUT2D eigenvalue weighted by Crippen LogP contribution is 2.34. The lowest BCUT2D eigenvalue weighted by atomic mass is 9.73. The Labute approximate surface area is 124 Å². The standard InChI is InChI=1S/C14H14F3NO4/c15-14(16,17)22-11-4-2-1-3-8(11)7-18-12(19)9-5-6-10(9)13(20)21/h1-4,9-10H,5-7H2,(H,18,19)(H,20,21). The summed E-state index contributed by atoms with van der Waals surface area (Å²) in [6.45, 7) is -0.159. The Balaban J connectivity index is 1.97. The fourth-order valence-electron chi connectivity index (χ4n) is 2.30. The van der Waals surface area contributed by atoms with Crippen molar-refractivity contribution in [2.24, 2.45) is 11.8 Å². The number of para-hydroxylation sites is 1. The molecule has 2 atom stereocenters. The minimum Gasteiger partial charge on any atom is -0.481 e. The van der Waals surface area contributed by atoms with Gasteiger partial charge in [0.15, 0.2) is 0 Å². The van der Waals surface area contributed by atoms with Crippen molar-refractivity contribution in [3.8, 4) is 5.75 Å². The first-order valence-electron chi connectivity index (χ1n) is 6.62. The summed E-state index contributed by atoms with van der Waals surface area (Å²) < 4.78 is 40.7. The van der Waals surface area contributed by atoms with E-state index in [2.05, 4.69) is 10.1 Å². The van der Waals surface area contributed by atoms with Crippen molar-refractivity contribution in [1.29, 1.82) is 0 Å². The molecule has 1 aliphatic carbocycles. The fraction of sp³-hybridized carbons (Fsp3) is 0.429. The molecule has 2 rings (SSSR count). The van der Waals surface area contributed by atoms with Crippen LogP contribution in [-0.4, -0.2) is 23.3 Å². The van der Waals surface area contributed by atoms with E-state index in [-0.39, 0.29) is 12.1 Å². The lowest BCUT2D eigenvalue weighted by molar-refractivity contribution is -0.274. The van der Waals surface area contributed by atoms with Crippen molar-refractivity contribution < 1.29 is 32.6 Å². The van der Waals surface area contributed by atoms with Crippen molar-refractivity contribution in [1.82, 2.24) is 5.32 Å². The molecule has 0 bridgehead atoms. The van der Waals surface area contributed by atoms with Gasteiger partial charge in [0.25, 0.3) is 0 Å². The number of alkyl halides is 3. The number of benzene rings is 1. The average Bonchev–Trinajstić information content (AvgIpc) is 2.33. The molecule has 0 heterocycles. The Morgan fingerprint density at radius 1 is 1.23 bits per heavy atom. The summed E-state index contributed by atoms with van der Waals surface area (Å²) in [5, 5.41) is 11.3. The number of hydrogen-bond donors (Lipinski definition) is 2. The van der Waals surface area contributed by atoms with E-state index < -0.39 is 35.8 Å². The van der Waals surface area contributed by atoms with Crippen LogP contribution in [0.3, 0.4) is 0 Å². The van der Waals surface area contributed by atoms with Crippen LogP contribution in [0.15, 0.2) is 24.3 Å². The van der Waals surface area contributed by atoms with Gasteiger partial charge in [0.05, 0.1) is 11.8 Å². The van der Waals surface area contributed by atoms with Crippen LogP contribution in [0.2, 0.25) is 0 Å². The third kappa shape index (κ3) is 3.90. The van der Waals surface area contributed by atoms with Crippen molar-refractivity contribution in [3.63, 3.8) is 0 Å². The molecule has 1 fully saturated rings. The molecule has 0 saturated heterocycles. The summed E-state index contributed by atoms with van der Waals surface area (Å²) in [6, 6.07) is 5.46.